The number of anilines is 1. The third-order valence-corrected chi connectivity index (χ3v) is 6.45. The van der Waals surface area contributed by atoms with Crippen molar-refractivity contribution in [1.29, 1.82) is 0 Å². The number of benzene rings is 2. The van der Waals surface area contributed by atoms with Crippen molar-refractivity contribution >= 4 is 33.2 Å². The molecule has 0 heterocycles. The highest BCUT2D eigenvalue weighted by Gasteiger charge is 2.22. The van der Waals surface area contributed by atoms with Crippen molar-refractivity contribution in [2.75, 3.05) is 25.0 Å². The molecule has 0 saturated carbocycles. The number of carbonyl (C=O) groups is 1. The Morgan fingerprint density at radius 2 is 1.68 bits per heavy atom. The summed E-state index contributed by atoms with van der Waals surface area (Å²) in [5, 5.41) is 2.90. The first-order valence-corrected chi connectivity index (χ1v) is 10.8. The number of amides is 1. The summed E-state index contributed by atoms with van der Waals surface area (Å²) in [7, 11) is -3.61. The summed E-state index contributed by atoms with van der Waals surface area (Å²) in [5.74, 6) is -0.0864. The van der Waals surface area contributed by atoms with Gasteiger partial charge in [0.1, 0.15) is 5.75 Å². The van der Waals surface area contributed by atoms with Gasteiger partial charge in [-0.05, 0) is 55.3 Å². The Hall–Kier alpha value is -2.09. The predicted octanol–water partition coefficient (Wildman–Crippen LogP) is 4.00. The van der Waals surface area contributed by atoms with Crippen LogP contribution in [0.15, 0.2) is 41.3 Å². The summed E-state index contributed by atoms with van der Waals surface area (Å²) in [4.78, 5) is 12.2. The van der Waals surface area contributed by atoms with Crippen LogP contribution in [0.25, 0.3) is 0 Å². The minimum Gasteiger partial charge on any atom is -0.482 e. The van der Waals surface area contributed by atoms with E-state index in [0.29, 0.717) is 18.8 Å². The van der Waals surface area contributed by atoms with E-state index in [1.165, 1.54) is 22.5 Å². The molecule has 28 heavy (non-hydrogen) atoms. The monoisotopic (exact) mass is 424 g/mol. The zero-order valence-electron chi connectivity index (χ0n) is 16.5. The topological polar surface area (TPSA) is 75.7 Å². The summed E-state index contributed by atoms with van der Waals surface area (Å²) in [5.41, 5.74) is 2.78. The van der Waals surface area contributed by atoms with Gasteiger partial charge in [-0.1, -0.05) is 31.5 Å². The van der Waals surface area contributed by atoms with Crippen LogP contribution in [-0.4, -0.2) is 38.3 Å². The first-order chi connectivity index (χ1) is 13.2. The second-order valence-electron chi connectivity index (χ2n) is 6.39. The van der Waals surface area contributed by atoms with Crippen molar-refractivity contribution in [3.63, 3.8) is 0 Å². The number of hydrogen-bond donors (Lipinski definition) is 1. The maximum absolute atomic E-state index is 12.5. The van der Waals surface area contributed by atoms with Crippen molar-refractivity contribution in [3.05, 3.63) is 52.5 Å². The van der Waals surface area contributed by atoms with Crippen LogP contribution >= 0.6 is 11.6 Å². The molecule has 0 bridgehead atoms. The van der Waals surface area contributed by atoms with Gasteiger partial charge < -0.3 is 10.1 Å². The van der Waals surface area contributed by atoms with Gasteiger partial charge in [-0.3, -0.25) is 4.79 Å². The minimum atomic E-state index is -3.61. The normalized spacial score (nSPS) is 11.5. The van der Waals surface area contributed by atoms with Gasteiger partial charge in [0.2, 0.25) is 10.0 Å². The highest BCUT2D eigenvalue weighted by Crippen LogP contribution is 2.28. The number of sulfonamides is 1. The van der Waals surface area contributed by atoms with E-state index in [1.807, 2.05) is 32.0 Å². The molecule has 2 aromatic rings. The molecule has 0 aromatic heterocycles. The standard InChI is InChI=1S/C20H25ClN2O4S/c1-5-23(6-2)28(25,26)17-7-8-19(18(21)12-17)27-13-20(24)22-16-10-14(3)9-15(4)11-16/h7-12H,5-6,13H2,1-4H3,(H,22,24). The number of halogens is 1. The van der Waals surface area contributed by atoms with Gasteiger partial charge in [-0.15, -0.1) is 0 Å². The number of aryl methyl sites for hydroxylation is 2. The van der Waals surface area contributed by atoms with E-state index in [9.17, 15) is 13.2 Å². The van der Waals surface area contributed by atoms with E-state index in [1.54, 1.807) is 13.8 Å². The molecule has 6 nitrogen and oxygen atoms in total. The maximum atomic E-state index is 12.5. The third kappa shape index (κ3) is 5.47. The van der Waals surface area contributed by atoms with Gasteiger partial charge in [0.25, 0.3) is 5.91 Å². The van der Waals surface area contributed by atoms with Gasteiger partial charge in [0, 0.05) is 18.8 Å². The van der Waals surface area contributed by atoms with E-state index >= 15 is 0 Å². The van der Waals surface area contributed by atoms with E-state index in [0.717, 1.165) is 11.1 Å². The average molecular weight is 425 g/mol. The number of nitrogens with one attached hydrogen (secondary N) is 1. The zero-order valence-corrected chi connectivity index (χ0v) is 18.0. The van der Waals surface area contributed by atoms with Crippen molar-refractivity contribution < 1.29 is 17.9 Å². The molecule has 1 amide bonds. The van der Waals surface area contributed by atoms with Crippen LogP contribution in [0.3, 0.4) is 0 Å². The zero-order chi connectivity index (χ0) is 20.9. The second-order valence-corrected chi connectivity index (χ2v) is 8.74. The lowest BCUT2D eigenvalue weighted by Gasteiger charge is -2.19. The first-order valence-electron chi connectivity index (χ1n) is 8.98. The fraction of sp³-hybridized carbons (Fsp3) is 0.350. The lowest BCUT2D eigenvalue weighted by molar-refractivity contribution is -0.118. The van der Waals surface area contributed by atoms with Crippen molar-refractivity contribution in [3.8, 4) is 5.75 Å². The SMILES string of the molecule is CCN(CC)S(=O)(=O)c1ccc(OCC(=O)Nc2cc(C)cc(C)c2)c(Cl)c1. The van der Waals surface area contributed by atoms with E-state index in [2.05, 4.69) is 5.32 Å². The number of nitrogens with zero attached hydrogens (tertiary/aromatic N) is 1. The molecule has 8 heteroatoms. The molecule has 0 fully saturated rings. The Bertz CT molecular complexity index is 936. The van der Waals surface area contributed by atoms with Gasteiger partial charge in [0.05, 0.1) is 9.92 Å². The smallest absolute Gasteiger partial charge is 0.262 e. The van der Waals surface area contributed by atoms with Crippen LogP contribution in [0.1, 0.15) is 25.0 Å². The fourth-order valence-corrected chi connectivity index (χ4v) is 4.64. The number of ether oxygens (including phenoxy) is 1. The minimum absolute atomic E-state index is 0.0910. The summed E-state index contributed by atoms with van der Waals surface area (Å²) in [6.45, 7) is 7.94. The molecule has 0 saturated heterocycles. The number of hydrogen-bond acceptors (Lipinski definition) is 4. The van der Waals surface area contributed by atoms with Gasteiger partial charge >= 0.3 is 0 Å². The Kier molecular flexibility index (Phi) is 7.46. The molecule has 2 rings (SSSR count). The molecule has 152 valence electrons. The molecule has 0 unspecified atom stereocenters. The Balaban J connectivity index is 2.06. The molecule has 0 aliphatic carbocycles. The highest BCUT2D eigenvalue weighted by molar-refractivity contribution is 7.89. The van der Waals surface area contributed by atoms with Crippen molar-refractivity contribution in [2.45, 2.75) is 32.6 Å². The van der Waals surface area contributed by atoms with Crippen LogP contribution in [0.5, 0.6) is 5.75 Å². The molecule has 0 aliphatic heterocycles. The summed E-state index contributed by atoms with van der Waals surface area (Å²) >= 11 is 6.17. The fourth-order valence-electron chi connectivity index (χ4n) is 2.86. The summed E-state index contributed by atoms with van der Waals surface area (Å²) < 4.78 is 31.9. The maximum Gasteiger partial charge on any atom is 0.262 e. The number of rotatable bonds is 8. The van der Waals surface area contributed by atoms with Crippen LogP contribution < -0.4 is 10.1 Å². The molecule has 0 spiro atoms. The molecule has 0 radical (unpaired) electrons. The van der Waals surface area contributed by atoms with Crippen LogP contribution in [-0.2, 0) is 14.8 Å². The third-order valence-electron chi connectivity index (χ3n) is 4.11. The Labute approximate surface area is 171 Å². The van der Waals surface area contributed by atoms with E-state index < -0.39 is 10.0 Å². The molecular formula is C20H25ClN2O4S. The largest absolute Gasteiger partial charge is 0.482 e. The quantitative estimate of drug-likeness (QED) is 0.694. The second kappa shape index (κ2) is 9.41. The van der Waals surface area contributed by atoms with Crippen molar-refractivity contribution in [1.82, 2.24) is 4.31 Å². The lowest BCUT2D eigenvalue weighted by atomic mass is 10.1. The summed E-state index contributed by atoms with van der Waals surface area (Å²) in [6, 6.07) is 9.97. The van der Waals surface area contributed by atoms with E-state index in [4.69, 9.17) is 16.3 Å². The molecule has 0 aliphatic rings. The highest BCUT2D eigenvalue weighted by atomic mass is 35.5. The van der Waals surface area contributed by atoms with Gasteiger partial charge in [0.15, 0.2) is 6.61 Å². The predicted molar refractivity (Wildman–Crippen MR) is 112 cm³/mol. The van der Waals surface area contributed by atoms with Crippen LogP contribution in [0.4, 0.5) is 5.69 Å². The molecule has 1 N–H and O–H groups in total. The Morgan fingerprint density at radius 1 is 1.07 bits per heavy atom. The van der Waals surface area contributed by atoms with E-state index in [-0.39, 0.29) is 28.2 Å². The van der Waals surface area contributed by atoms with Crippen LogP contribution in [0.2, 0.25) is 5.02 Å². The summed E-state index contributed by atoms with van der Waals surface area (Å²) in [6.07, 6.45) is 0. The lowest BCUT2D eigenvalue weighted by Crippen LogP contribution is -2.30. The first kappa shape index (κ1) is 22.2. The molecule has 0 atom stereocenters. The van der Waals surface area contributed by atoms with Gasteiger partial charge in [-0.2, -0.15) is 4.31 Å². The van der Waals surface area contributed by atoms with Crippen LogP contribution in [0, 0.1) is 13.8 Å². The average Bonchev–Trinajstić information content (AvgIpc) is 2.60. The van der Waals surface area contributed by atoms with Gasteiger partial charge in [-0.25, -0.2) is 8.42 Å². The Morgan fingerprint density at radius 3 is 2.21 bits per heavy atom. The number of carbonyl (C=O) groups excluding carboxylic acids is 1. The molecular weight excluding hydrogens is 400 g/mol. The van der Waals surface area contributed by atoms with Crippen molar-refractivity contribution in [2.24, 2.45) is 0 Å². The molecule has 2 aromatic carbocycles.